The number of rotatable bonds is 51. The van der Waals surface area contributed by atoms with Gasteiger partial charge in [0.15, 0.2) is 0 Å². The first-order valence-corrected chi connectivity index (χ1v) is 27.6. The van der Waals surface area contributed by atoms with Crippen molar-refractivity contribution in [1.82, 2.24) is 5.32 Å². The molecule has 2 atom stereocenters. The lowest BCUT2D eigenvalue weighted by Crippen LogP contribution is -2.45. The molecule has 0 aromatic rings. The average molecular weight is 874 g/mol. The summed E-state index contributed by atoms with van der Waals surface area (Å²) in [4.78, 5) is 24.4. The van der Waals surface area contributed by atoms with Crippen LogP contribution in [-0.4, -0.2) is 47.4 Å². The molecule has 0 fully saturated rings. The lowest BCUT2D eigenvalue weighted by Gasteiger charge is -2.20. The topological polar surface area (TPSA) is 95.9 Å². The molecule has 0 aromatic carbocycles. The number of carbonyl (C=O) groups is 2. The van der Waals surface area contributed by atoms with Crippen molar-refractivity contribution in [2.75, 3.05) is 13.2 Å². The number of nitrogens with one attached hydrogen (secondary N) is 1. The first-order chi connectivity index (χ1) is 30.5. The van der Waals surface area contributed by atoms with Gasteiger partial charge in [0.2, 0.25) is 5.91 Å². The van der Waals surface area contributed by atoms with Gasteiger partial charge in [0, 0.05) is 12.8 Å². The summed E-state index contributed by atoms with van der Waals surface area (Å²) >= 11 is 0. The Morgan fingerprint density at radius 1 is 0.435 bits per heavy atom. The molecule has 1 amide bonds. The molecule has 6 nitrogen and oxygen atoms in total. The molecule has 0 saturated carbocycles. The average Bonchev–Trinajstić information content (AvgIpc) is 3.27. The largest absolute Gasteiger partial charge is 0.466 e. The monoisotopic (exact) mass is 874 g/mol. The van der Waals surface area contributed by atoms with Crippen LogP contribution in [0.25, 0.3) is 0 Å². The van der Waals surface area contributed by atoms with Gasteiger partial charge in [-0.05, 0) is 51.4 Å². The second-order valence-electron chi connectivity index (χ2n) is 18.9. The summed E-state index contributed by atoms with van der Waals surface area (Å²) in [6, 6.07) is -0.627. The zero-order chi connectivity index (χ0) is 45.1. The maximum atomic E-state index is 12.4. The fraction of sp³-hybridized carbons (Fsp3) is 0.893. The molecule has 0 heterocycles. The van der Waals surface area contributed by atoms with Gasteiger partial charge in [-0.2, -0.15) is 0 Å². The van der Waals surface area contributed by atoms with E-state index in [1.807, 2.05) is 6.08 Å². The maximum absolute atomic E-state index is 12.4. The predicted octanol–water partition coefficient (Wildman–Crippen LogP) is 16.7. The number of aliphatic hydroxyl groups excluding tert-OH is 2. The minimum absolute atomic E-state index is 0.0000636. The lowest BCUT2D eigenvalue weighted by molar-refractivity contribution is -0.143. The number of ether oxygens (including phenoxy) is 1. The summed E-state index contributed by atoms with van der Waals surface area (Å²) in [5, 5.41) is 23.0. The van der Waals surface area contributed by atoms with E-state index in [2.05, 4.69) is 31.3 Å². The molecule has 0 aliphatic carbocycles. The van der Waals surface area contributed by atoms with Crippen molar-refractivity contribution in [3.63, 3.8) is 0 Å². The Bertz CT molecular complexity index is 966. The number of allylic oxidation sites excluding steroid dienone is 3. The van der Waals surface area contributed by atoms with Crippen LogP contribution >= 0.6 is 0 Å². The standard InChI is InChI=1S/C56H107NO5/c1-3-5-7-9-11-13-15-25-29-32-36-40-44-48-54(59)53(52-58)57-55(60)49-45-41-37-33-30-26-23-21-19-17-16-18-20-22-24-27-31-35-39-43-47-51-62-56(61)50-46-42-38-34-28-14-12-10-8-6-4-2/h10,12,44,48,53-54,58-59H,3-9,11,13-43,45-47,49-52H2,1-2H3,(H,57,60)/b12-10-,48-44+. The van der Waals surface area contributed by atoms with Gasteiger partial charge in [-0.1, -0.05) is 256 Å². The summed E-state index contributed by atoms with van der Waals surface area (Å²) in [5.41, 5.74) is 0. The van der Waals surface area contributed by atoms with E-state index < -0.39 is 12.1 Å². The number of amides is 1. The summed E-state index contributed by atoms with van der Waals surface area (Å²) in [6.07, 6.45) is 61.9. The minimum atomic E-state index is -0.844. The molecule has 0 rings (SSSR count). The number of aliphatic hydroxyl groups is 2. The smallest absolute Gasteiger partial charge is 0.305 e. The molecule has 0 aliphatic heterocycles. The number of esters is 1. The Morgan fingerprint density at radius 3 is 1.19 bits per heavy atom. The Morgan fingerprint density at radius 2 is 0.774 bits per heavy atom. The van der Waals surface area contributed by atoms with E-state index in [0.29, 0.717) is 19.4 Å². The molecule has 0 saturated heterocycles. The molecule has 62 heavy (non-hydrogen) atoms. The van der Waals surface area contributed by atoms with Crippen molar-refractivity contribution in [2.45, 2.75) is 309 Å². The third-order valence-corrected chi connectivity index (χ3v) is 12.7. The van der Waals surface area contributed by atoms with Crippen LogP contribution < -0.4 is 5.32 Å². The van der Waals surface area contributed by atoms with Gasteiger partial charge in [-0.15, -0.1) is 0 Å². The van der Waals surface area contributed by atoms with Crippen molar-refractivity contribution >= 4 is 11.9 Å². The highest BCUT2D eigenvalue weighted by atomic mass is 16.5. The SMILES string of the molecule is CCCC/C=C\CCCCCCCC(=O)OCCCCCCCCCCCCCCCCCCCCCCCC(=O)NC(CO)C(O)/C=C/CCCCCCCCCCCCC. The maximum Gasteiger partial charge on any atom is 0.305 e. The van der Waals surface area contributed by atoms with Crippen LogP contribution in [-0.2, 0) is 14.3 Å². The predicted molar refractivity (Wildman–Crippen MR) is 269 cm³/mol. The zero-order valence-corrected chi connectivity index (χ0v) is 41.6. The van der Waals surface area contributed by atoms with Crippen LogP contribution in [0.2, 0.25) is 0 Å². The highest BCUT2D eigenvalue weighted by Gasteiger charge is 2.18. The van der Waals surface area contributed by atoms with E-state index in [4.69, 9.17) is 4.74 Å². The van der Waals surface area contributed by atoms with Crippen LogP contribution in [0.4, 0.5) is 0 Å². The van der Waals surface area contributed by atoms with E-state index in [0.717, 1.165) is 44.9 Å². The van der Waals surface area contributed by atoms with Gasteiger partial charge in [0.05, 0.1) is 25.4 Å². The van der Waals surface area contributed by atoms with Crippen LogP contribution in [0.1, 0.15) is 296 Å². The van der Waals surface area contributed by atoms with Gasteiger partial charge < -0.3 is 20.3 Å². The van der Waals surface area contributed by atoms with Gasteiger partial charge in [-0.25, -0.2) is 0 Å². The van der Waals surface area contributed by atoms with Gasteiger partial charge in [0.1, 0.15) is 0 Å². The first kappa shape index (κ1) is 60.3. The molecule has 0 bridgehead atoms. The normalized spacial score (nSPS) is 12.8. The minimum Gasteiger partial charge on any atom is -0.466 e. The molecule has 0 spiro atoms. The third kappa shape index (κ3) is 47.8. The summed E-state index contributed by atoms with van der Waals surface area (Å²) < 4.78 is 5.45. The van der Waals surface area contributed by atoms with Crippen molar-refractivity contribution in [1.29, 1.82) is 0 Å². The molecule has 0 aliphatic rings. The quantitative estimate of drug-likeness (QED) is 0.0321. The summed E-state index contributed by atoms with van der Waals surface area (Å²) in [6.45, 7) is 4.86. The van der Waals surface area contributed by atoms with Gasteiger partial charge in [-0.3, -0.25) is 9.59 Å². The first-order valence-electron chi connectivity index (χ1n) is 27.6. The molecular formula is C56H107NO5. The van der Waals surface area contributed by atoms with Crippen LogP contribution in [0.15, 0.2) is 24.3 Å². The van der Waals surface area contributed by atoms with Crippen LogP contribution in [0.5, 0.6) is 0 Å². The molecular weight excluding hydrogens is 767 g/mol. The highest BCUT2D eigenvalue weighted by molar-refractivity contribution is 5.76. The number of unbranched alkanes of at least 4 members (excludes halogenated alkanes) is 38. The zero-order valence-electron chi connectivity index (χ0n) is 41.6. The molecule has 2 unspecified atom stereocenters. The molecule has 366 valence electrons. The van der Waals surface area contributed by atoms with Crippen molar-refractivity contribution in [2.24, 2.45) is 0 Å². The second kappa shape index (κ2) is 52.0. The molecule has 3 N–H and O–H groups in total. The summed E-state index contributed by atoms with van der Waals surface area (Å²) in [5.74, 6) is -0.0689. The fourth-order valence-corrected chi connectivity index (χ4v) is 8.44. The number of carbonyl (C=O) groups excluding carboxylic acids is 2. The Hall–Kier alpha value is -1.66. The van der Waals surface area contributed by atoms with E-state index in [-0.39, 0.29) is 18.5 Å². The van der Waals surface area contributed by atoms with Gasteiger partial charge >= 0.3 is 5.97 Å². The van der Waals surface area contributed by atoms with Gasteiger partial charge in [0.25, 0.3) is 0 Å². The number of hydrogen-bond donors (Lipinski definition) is 3. The van der Waals surface area contributed by atoms with E-state index in [1.165, 1.54) is 225 Å². The Balaban J connectivity index is 3.41. The van der Waals surface area contributed by atoms with Crippen molar-refractivity contribution in [3.05, 3.63) is 24.3 Å². The number of hydrogen-bond acceptors (Lipinski definition) is 5. The van der Waals surface area contributed by atoms with E-state index >= 15 is 0 Å². The third-order valence-electron chi connectivity index (χ3n) is 12.7. The molecule has 0 aromatic heterocycles. The van der Waals surface area contributed by atoms with Crippen LogP contribution in [0, 0.1) is 0 Å². The van der Waals surface area contributed by atoms with E-state index in [9.17, 15) is 19.8 Å². The summed E-state index contributed by atoms with van der Waals surface area (Å²) in [7, 11) is 0. The highest BCUT2D eigenvalue weighted by Crippen LogP contribution is 2.17. The lowest BCUT2D eigenvalue weighted by atomic mass is 10.0. The fourth-order valence-electron chi connectivity index (χ4n) is 8.44. The molecule has 6 heteroatoms. The van der Waals surface area contributed by atoms with Crippen molar-refractivity contribution in [3.8, 4) is 0 Å². The Kier molecular flexibility index (Phi) is 50.6. The second-order valence-corrected chi connectivity index (χ2v) is 18.9. The molecule has 0 radical (unpaired) electrons. The Labute approximate surface area is 386 Å². The van der Waals surface area contributed by atoms with E-state index in [1.54, 1.807) is 6.08 Å². The van der Waals surface area contributed by atoms with Crippen LogP contribution in [0.3, 0.4) is 0 Å². The van der Waals surface area contributed by atoms with Crippen molar-refractivity contribution < 1.29 is 24.5 Å².